The minimum absolute atomic E-state index is 0.0201. The number of hydrogen-bond donors (Lipinski definition) is 4. The van der Waals surface area contributed by atoms with Gasteiger partial charge in [-0.1, -0.05) is 0 Å². The van der Waals surface area contributed by atoms with E-state index in [-0.39, 0.29) is 24.9 Å². The molecular formula is C14H16F3N3O4. The number of alkyl halides is 3. The summed E-state index contributed by atoms with van der Waals surface area (Å²) < 4.78 is 36.0. The van der Waals surface area contributed by atoms with E-state index in [4.69, 9.17) is 5.11 Å². The van der Waals surface area contributed by atoms with Crippen molar-refractivity contribution < 1.29 is 32.7 Å². The fraction of sp³-hybridized carbons (Fsp3) is 0.357. The number of amides is 3. The Bertz CT molecular complexity index is 588. The van der Waals surface area contributed by atoms with Crippen LogP contribution < -0.4 is 16.0 Å². The van der Waals surface area contributed by atoms with Crippen LogP contribution in [0.3, 0.4) is 0 Å². The fourth-order valence-corrected chi connectivity index (χ4v) is 1.60. The van der Waals surface area contributed by atoms with Gasteiger partial charge in [-0.05, 0) is 30.7 Å². The molecule has 1 aromatic rings. The Balaban J connectivity index is 2.42. The van der Waals surface area contributed by atoms with Crippen molar-refractivity contribution in [3.63, 3.8) is 0 Å². The lowest BCUT2D eigenvalue weighted by atomic mass is 10.2. The molecule has 0 aromatic heterocycles. The third-order valence-electron chi connectivity index (χ3n) is 2.71. The van der Waals surface area contributed by atoms with Gasteiger partial charge in [0.2, 0.25) is 0 Å². The Kier molecular flexibility index (Phi) is 7.02. The van der Waals surface area contributed by atoms with E-state index in [0.717, 1.165) is 0 Å². The minimum atomic E-state index is -4.49. The molecule has 0 heterocycles. The summed E-state index contributed by atoms with van der Waals surface area (Å²) in [6.45, 7) is -1.25. The van der Waals surface area contributed by atoms with Crippen LogP contribution in [0.5, 0.6) is 0 Å². The number of anilines is 1. The van der Waals surface area contributed by atoms with Crippen LogP contribution in [-0.2, 0) is 4.79 Å². The number of urea groups is 1. The second-order valence-electron chi connectivity index (χ2n) is 4.75. The predicted molar refractivity (Wildman–Crippen MR) is 78.7 cm³/mol. The van der Waals surface area contributed by atoms with Crippen molar-refractivity contribution in [1.29, 1.82) is 0 Å². The van der Waals surface area contributed by atoms with E-state index in [2.05, 4.69) is 10.6 Å². The number of nitrogens with one attached hydrogen (secondary N) is 3. The number of carbonyl (C=O) groups excluding carboxylic acids is 2. The van der Waals surface area contributed by atoms with Crippen molar-refractivity contribution in [2.24, 2.45) is 0 Å². The summed E-state index contributed by atoms with van der Waals surface area (Å²) in [5, 5.41) is 15.1. The standard InChI is InChI=1S/C14H16F3N3O4/c15-14(16,17)8-19-12(23)9-3-5-10(6-4-9)20-13(24)18-7-1-2-11(21)22/h3-6H,1-2,7-8H2,(H,19,23)(H,21,22)(H2,18,20,24). The topological polar surface area (TPSA) is 108 Å². The molecule has 0 bridgehead atoms. The highest BCUT2D eigenvalue weighted by Crippen LogP contribution is 2.13. The van der Waals surface area contributed by atoms with Crippen LogP contribution in [0.1, 0.15) is 23.2 Å². The molecule has 0 fully saturated rings. The van der Waals surface area contributed by atoms with Gasteiger partial charge in [-0.3, -0.25) is 9.59 Å². The maximum absolute atomic E-state index is 12.0. The first-order valence-corrected chi connectivity index (χ1v) is 6.89. The molecule has 1 aromatic carbocycles. The number of carbonyl (C=O) groups is 3. The van der Waals surface area contributed by atoms with Gasteiger partial charge < -0.3 is 21.1 Å². The number of carboxylic acid groups (broad SMARTS) is 1. The van der Waals surface area contributed by atoms with Crippen LogP contribution in [-0.4, -0.2) is 42.3 Å². The minimum Gasteiger partial charge on any atom is -0.481 e. The SMILES string of the molecule is O=C(O)CCCNC(=O)Nc1ccc(C(=O)NCC(F)(F)F)cc1. The lowest BCUT2D eigenvalue weighted by molar-refractivity contribution is -0.137. The molecule has 0 aliphatic heterocycles. The summed E-state index contributed by atoms with van der Waals surface area (Å²) in [5.74, 6) is -1.84. The average Bonchev–Trinajstić information content (AvgIpc) is 2.49. The smallest absolute Gasteiger partial charge is 0.405 e. The van der Waals surface area contributed by atoms with Gasteiger partial charge in [0.05, 0.1) is 0 Å². The normalized spacial score (nSPS) is 10.8. The molecule has 0 aliphatic rings. The number of rotatable bonds is 7. The molecule has 0 saturated carbocycles. The summed E-state index contributed by atoms with van der Waals surface area (Å²) in [7, 11) is 0. The van der Waals surface area contributed by atoms with Gasteiger partial charge in [-0.25, -0.2) is 4.79 Å². The molecule has 7 nitrogen and oxygen atoms in total. The average molecular weight is 347 g/mol. The first kappa shape index (κ1) is 19.3. The van der Waals surface area contributed by atoms with E-state index in [1.807, 2.05) is 0 Å². The third-order valence-corrected chi connectivity index (χ3v) is 2.71. The first-order valence-electron chi connectivity index (χ1n) is 6.89. The monoisotopic (exact) mass is 347 g/mol. The molecule has 1 rings (SSSR count). The number of carboxylic acids is 1. The van der Waals surface area contributed by atoms with Gasteiger partial charge in [-0.2, -0.15) is 13.2 Å². The summed E-state index contributed by atoms with van der Waals surface area (Å²) in [4.78, 5) is 33.3. The zero-order chi connectivity index (χ0) is 18.2. The Morgan fingerprint density at radius 2 is 1.67 bits per heavy atom. The Morgan fingerprint density at radius 1 is 1.04 bits per heavy atom. The lowest BCUT2D eigenvalue weighted by Gasteiger charge is -2.09. The maximum atomic E-state index is 12.0. The molecule has 24 heavy (non-hydrogen) atoms. The molecule has 132 valence electrons. The van der Waals surface area contributed by atoms with Crippen molar-refractivity contribution in [1.82, 2.24) is 10.6 Å². The molecule has 0 atom stereocenters. The molecule has 0 unspecified atom stereocenters. The van der Waals surface area contributed by atoms with E-state index in [0.29, 0.717) is 5.69 Å². The van der Waals surface area contributed by atoms with Crippen molar-refractivity contribution in [3.05, 3.63) is 29.8 Å². The largest absolute Gasteiger partial charge is 0.481 e. The fourth-order valence-electron chi connectivity index (χ4n) is 1.60. The van der Waals surface area contributed by atoms with Crippen molar-refractivity contribution in [3.8, 4) is 0 Å². The summed E-state index contributed by atoms with van der Waals surface area (Å²) in [6.07, 6.45) is -4.28. The van der Waals surface area contributed by atoms with Crippen LogP contribution in [0.15, 0.2) is 24.3 Å². The van der Waals surface area contributed by atoms with Crippen LogP contribution in [0.25, 0.3) is 0 Å². The Hall–Kier alpha value is -2.78. The molecular weight excluding hydrogens is 331 g/mol. The third kappa shape index (κ3) is 8.01. The van der Waals surface area contributed by atoms with Crippen LogP contribution in [0, 0.1) is 0 Å². The van der Waals surface area contributed by atoms with Crippen molar-refractivity contribution >= 4 is 23.6 Å². The predicted octanol–water partition coefficient (Wildman–Crippen LogP) is 1.96. The van der Waals surface area contributed by atoms with E-state index in [1.54, 1.807) is 5.32 Å². The molecule has 0 spiro atoms. The highest BCUT2D eigenvalue weighted by atomic mass is 19.4. The molecule has 3 amide bonds. The van der Waals surface area contributed by atoms with E-state index in [9.17, 15) is 27.6 Å². The molecule has 4 N–H and O–H groups in total. The summed E-state index contributed by atoms with van der Waals surface area (Å²) in [6, 6.07) is 4.70. The zero-order valence-corrected chi connectivity index (χ0v) is 12.4. The number of hydrogen-bond acceptors (Lipinski definition) is 3. The van der Waals surface area contributed by atoms with E-state index < -0.39 is 30.6 Å². The zero-order valence-electron chi connectivity index (χ0n) is 12.4. The Morgan fingerprint density at radius 3 is 2.21 bits per heavy atom. The maximum Gasteiger partial charge on any atom is 0.405 e. The van der Waals surface area contributed by atoms with E-state index >= 15 is 0 Å². The van der Waals surface area contributed by atoms with Crippen molar-refractivity contribution in [2.45, 2.75) is 19.0 Å². The molecule has 0 aliphatic carbocycles. The summed E-state index contributed by atoms with van der Waals surface area (Å²) >= 11 is 0. The molecule has 0 saturated heterocycles. The van der Waals surface area contributed by atoms with Crippen LogP contribution in [0.4, 0.5) is 23.7 Å². The van der Waals surface area contributed by atoms with Gasteiger partial charge in [0.25, 0.3) is 5.91 Å². The van der Waals surface area contributed by atoms with Gasteiger partial charge >= 0.3 is 18.2 Å². The Labute approximate surface area is 135 Å². The van der Waals surface area contributed by atoms with Crippen LogP contribution in [0.2, 0.25) is 0 Å². The van der Waals surface area contributed by atoms with E-state index in [1.165, 1.54) is 24.3 Å². The second-order valence-corrected chi connectivity index (χ2v) is 4.75. The summed E-state index contributed by atoms with van der Waals surface area (Å²) in [5.41, 5.74) is 0.352. The number of halogens is 3. The second kappa shape index (κ2) is 8.75. The van der Waals surface area contributed by atoms with Gasteiger partial charge in [0.15, 0.2) is 0 Å². The quantitative estimate of drug-likeness (QED) is 0.566. The lowest BCUT2D eigenvalue weighted by Crippen LogP contribution is -2.33. The van der Waals surface area contributed by atoms with Crippen LogP contribution >= 0.6 is 0 Å². The highest BCUT2D eigenvalue weighted by Gasteiger charge is 2.27. The van der Waals surface area contributed by atoms with Gasteiger partial charge in [-0.15, -0.1) is 0 Å². The number of aliphatic carboxylic acids is 1. The number of benzene rings is 1. The van der Waals surface area contributed by atoms with Gasteiger partial charge in [0.1, 0.15) is 6.54 Å². The first-order chi connectivity index (χ1) is 11.2. The molecule has 0 radical (unpaired) electrons. The van der Waals surface area contributed by atoms with Gasteiger partial charge in [0, 0.05) is 24.2 Å². The van der Waals surface area contributed by atoms with Crippen molar-refractivity contribution in [2.75, 3.05) is 18.4 Å². The highest BCUT2D eigenvalue weighted by molar-refractivity contribution is 5.95. The molecule has 10 heteroatoms.